The van der Waals surface area contributed by atoms with E-state index in [1.54, 1.807) is 17.4 Å². The van der Waals surface area contributed by atoms with Gasteiger partial charge >= 0.3 is 0 Å². The van der Waals surface area contributed by atoms with Crippen molar-refractivity contribution in [1.82, 2.24) is 24.1 Å². The van der Waals surface area contributed by atoms with E-state index in [1.807, 2.05) is 0 Å². The van der Waals surface area contributed by atoms with Gasteiger partial charge in [-0.2, -0.15) is 4.98 Å². The van der Waals surface area contributed by atoms with Crippen LogP contribution in [0.4, 0.5) is 4.39 Å². The van der Waals surface area contributed by atoms with Crippen LogP contribution < -0.4 is 5.56 Å². The molecule has 0 radical (unpaired) electrons. The Balaban J connectivity index is 1.99. The molecular weight excluding hydrogens is 369 g/mol. The zero-order valence-corrected chi connectivity index (χ0v) is 15.3. The fraction of sp³-hybridized carbons (Fsp3) is 0.333. The van der Waals surface area contributed by atoms with E-state index in [9.17, 15) is 14.3 Å². The number of halogens is 1. The van der Waals surface area contributed by atoms with Crippen LogP contribution in [0.1, 0.15) is 18.7 Å². The van der Waals surface area contributed by atoms with Crippen molar-refractivity contribution in [2.24, 2.45) is 0 Å². The number of rotatable bonds is 6. The van der Waals surface area contributed by atoms with Gasteiger partial charge in [-0.1, -0.05) is 12.1 Å². The van der Waals surface area contributed by atoms with Crippen molar-refractivity contribution in [3.63, 3.8) is 0 Å². The monoisotopic (exact) mass is 387 g/mol. The van der Waals surface area contributed by atoms with Crippen LogP contribution in [0.5, 0.6) is 0 Å². The summed E-state index contributed by atoms with van der Waals surface area (Å²) in [4.78, 5) is 21.7. The number of aromatic nitrogens is 5. The van der Waals surface area contributed by atoms with Gasteiger partial charge in [-0.15, -0.1) is 0 Å². The Morgan fingerprint density at radius 2 is 2.18 bits per heavy atom. The molecule has 9 nitrogen and oxygen atoms in total. The largest absolute Gasteiger partial charge is 0.396 e. The van der Waals surface area contributed by atoms with Gasteiger partial charge in [-0.25, -0.2) is 9.37 Å². The molecule has 3 heterocycles. The Morgan fingerprint density at radius 1 is 1.36 bits per heavy atom. The number of aliphatic hydroxyl groups is 1. The van der Waals surface area contributed by atoms with E-state index in [0.717, 1.165) is 0 Å². The summed E-state index contributed by atoms with van der Waals surface area (Å²) in [5, 5.41) is 13.1. The molecule has 1 N–H and O–H groups in total. The Kier molecular flexibility index (Phi) is 4.65. The molecule has 1 atom stereocenters. The van der Waals surface area contributed by atoms with Gasteiger partial charge < -0.3 is 18.9 Å². The third-order valence-corrected chi connectivity index (χ3v) is 4.58. The first-order chi connectivity index (χ1) is 13.5. The average Bonchev–Trinajstić information content (AvgIpc) is 3.34. The first-order valence-corrected chi connectivity index (χ1v) is 8.68. The molecule has 0 bridgehead atoms. The first-order valence-electron chi connectivity index (χ1n) is 8.68. The molecule has 0 spiro atoms. The molecule has 4 rings (SSSR count). The van der Waals surface area contributed by atoms with Crippen molar-refractivity contribution >= 4 is 16.6 Å². The van der Waals surface area contributed by atoms with Crippen LogP contribution in [-0.2, 0) is 11.3 Å². The molecule has 1 aromatic carbocycles. The van der Waals surface area contributed by atoms with E-state index >= 15 is 0 Å². The zero-order chi connectivity index (χ0) is 19.8. The third kappa shape index (κ3) is 2.86. The van der Waals surface area contributed by atoms with Crippen LogP contribution in [0.25, 0.3) is 28.1 Å². The molecule has 10 heteroatoms. The molecule has 28 heavy (non-hydrogen) atoms. The van der Waals surface area contributed by atoms with Crippen LogP contribution in [0.3, 0.4) is 0 Å². The van der Waals surface area contributed by atoms with Crippen LogP contribution in [0, 0.1) is 5.82 Å². The lowest BCUT2D eigenvalue weighted by molar-refractivity contribution is 0.187. The maximum atomic E-state index is 13.8. The maximum absolute atomic E-state index is 13.8. The lowest BCUT2D eigenvalue weighted by Gasteiger charge is -2.12. The summed E-state index contributed by atoms with van der Waals surface area (Å²) >= 11 is 0. The van der Waals surface area contributed by atoms with Crippen LogP contribution in [0.2, 0.25) is 0 Å². The third-order valence-electron chi connectivity index (χ3n) is 4.58. The van der Waals surface area contributed by atoms with Gasteiger partial charge in [0.05, 0.1) is 24.2 Å². The second kappa shape index (κ2) is 7.13. The molecule has 0 aliphatic heterocycles. The highest BCUT2D eigenvalue weighted by molar-refractivity contribution is 5.83. The number of aliphatic hydroxyl groups excluding tert-OH is 1. The summed E-state index contributed by atoms with van der Waals surface area (Å²) < 4.78 is 27.2. The number of benzene rings is 1. The number of imidazole rings is 1. The molecule has 146 valence electrons. The highest BCUT2D eigenvalue weighted by atomic mass is 19.1. The number of nitrogens with zero attached hydrogens (tertiary/aromatic N) is 5. The van der Waals surface area contributed by atoms with Gasteiger partial charge in [0.25, 0.3) is 11.4 Å². The van der Waals surface area contributed by atoms with Crippen molar-refractivity contribution in [3.8, 4) is 11.6 Å². The van der Waals surface area contributed by atoms with Crippen LogP contribution >= 0.6 is 0 Å². The molecule has 4 aromatic rings. The van der Waals surface area contributed by atoms with E-state index in [4.69, 9.17) is 9.26 Å². The van der Waals surface area contributed by atoms with Crippen molar-refractivity contribution in [3.05, 3.63) is 46.5 Å². The molecule has 0 saturated carbocycles. The van der Waals surface area contributed by atoms with Crippen molar-refractivity contribution < 1.29 is 18.8 Å². The summed E-state index contributed by atoms with van der Waals surface area (Å²) in [6.45, 7) is 2.14. The molecular formula is C18H18FN5O4. The Labute approximate surface area is 158 Å². The Bertz CT molecular complexity index is 1210. The molecule has 0 amide bonds. The van der Waals surface area contributed by atoms with Gasteiger partial charge in [0.1, 0.15) is 17.7 Å². The lowest BCUT2D eigenvalue weighted by atomic mass is 10.2. The lowest BCUT2D eigenvalue weighted by Crippen LogP contribution is -2.25. The summed E-state index contributed by atoms with van der Waals surface area (Å²) in [7, 11) is 1.53. The van der Waals surface area contributed by atoms with Crippen molar-refractivity contribution in [2.45, 2.75) is 19.4 Å². The number of ether oxygens (including phenoxy) is 1. The second-order valence-corrected chi connectivity index (χ2v) is 6.44. The van der Waals surface area contributed by atoms with Gasteiger partial charge in [0, 0.05) is 19.6 Å². The van der Waals surface area contributed by atoms with Gasteiger partial charge in [-0.05, 0) is 18.2 Å². The molecule has 3 aromatic heterocycles. The van der Waals surface area contributed by atoms with Crippen molar-refractivity contribution in [1.29, 1.82) is 0 Å². The Hall–Kier alpha value is -3.11. The Morgan fingerprint density at radius 3 is 2.93 bits per heavy atom. The van der Waals surface area contributed by atoms with Crippen molar-refractivity contribution in [2.75, 3.05) is 20.3 Å². The smallest absolute Gasteiger partial charge is 0.278 e. The highest BCUT2D eigenvalue weighted by Gasteiger charge is 2.22. The predicted molar refractivity (Wildman–Crippen MR) is 97.6 cm³/mol. The minimum Gasteiger partial charge on any atom is -0.396 e. The standard InChI is InChI=1S/C18H18FN5O4/c1-10(8-25)16-21-17(28-22-16)14-15-18(26)23(5-6-27-2)13-7-11(19)3-4-12(13)24(15)9-20-14/h3-4,7,9-10,25H,5-6,8H2,1-2H3. The summed E-state index contributed by atoms with van der Waals surface area (Å²) in [5.74, 6) is -0.360. The SMILES string of the molecule is COCCn1c(=O)c2c(-c3nc(C(C)CO)no3)ncn2c2ccc(F)cc21. The van der Waals surface area contributed by atoms with E-state index in [1.165, 1.54) is 30.1 Å². The normalized spacial score (nSPS) is 12.9. The van der Waals surface area contributed by atoms with Crippen LogP contribution in [-0.4, -0.2) is 49.5 Å². The molecule has 0 aliphatic carbocycles. The number of fused-ring (bicyclic) bond motifs is 3. The van der Waals surface area contributed by atoms with Gasteiger partial charge in [0.2, 0.25) is 0 Å². The highest BCUT2D eigenvalue weighted by Crippen LogP contribution is 2.24. The number of hydrogen-bond donors (Lipinski definition) is 1. The summed E-state index contributed by atoms with van der Waals surface area (Å²) in [6.07, 6.45) is 1.46. The topological polar surface area (TPSA) is 108 Å². The van der Waals surface area contributed by atoms with E-state index < -0.39 is 5.82 Å². The maximum Gasteiger partial charge on any atom is 0.278 e. The minimum atomic E-state index is -0.447. The molecule has 1 unspecified atom stereocenters. The van der Waals surface area contributed by atoms with E-state index in [2.05, 4.69) is 15.1 Å². The fourth-order valence-electron chi connectivity index (χ4n) is 3.06. The summed E-state index contributed by atoms with van der Waals surface area (Å²) in [6, 6.07) is 4.21. The summed E-state index contributed by atoms with van der Waals surface area (Å²) in [5.41, 5.74) is 1.12. The molecule has 0 fully saturated rings. The molecule has 0 aliphatic rings. The fourth-order valence-corrected chi connectivity index (χ4v) is 3.06. The van der Waals surface area contributed by atoms with Gasteiger partial charge in [0.15, 0.2) is 11.5 Å². The quantitative estimate of drug-likeness (QED) is 0.535. The molecule has 0 saturated heterocycles. The van der Waals surface area contributed by atoms with E-state index in [0.29, 0.717) is 16.9 Å². The zero-order valence-electron chi connectivity index (χ0n) is 15.3. The average molecular weight is 387 g/mol. The number of methoxy groups -OCH3 is 1. The number of hydrogen-bond acceptors (Lipinski definition) is 7. The van der Waals surface area contributed by atoms with Gasteiger partial charge in [-0.3, -0.25) is 9.20 Å². The minimum absolute atomic E-state index is 0.0784. The van der Waals surface area contributed by atoms with Crippen LogP contribution in [0.15, 0.2) is 33.8 Å². The second-order valence-electron chi connectivity index (χ2n) is 6.44. The first kappa shape index (κ1) is 18.3. The predicted octanol–water partition coefficient (Wildman–Crippen LogP) is 1.58. The van der Waals surface area contributed by atoms with E-state index in [-0.39, 0.29) is 48.3 Å².